The van der Waals surface area contributed by atoms with Crippen molar-refractivity contribution in [2.24, 2.45) is 0 Å². The van der Waals surface area contributed by atoms with Crippen molar-refractivity contribution >= 4 is 60.5 Å². The van der Waals surface area contributed by atoms with E-state index >= 15 is 0 Å². The predicted molar refractivity (Wildman–Crippen MR) is 271 cm³/mol. The molecule has 0 aliphatic rings. The van der Waals surface area contributed by atoms with Gasteiger partial charge < -0.3 is 9.32 Å². The molecular formula is C62H41NO. The molecule has 0 spiro atoms. The van der Waals surface area contributed by atoms with Crippen LogP contribution >= 0.6 is 0 Å². The van der Waals surface area contributed by atoms with E-state index in [0.717, 1.165) is 55.7 Å². The second kappa shape index (κ2) is 15.8. The molecule has 0 N–H and O–H groups in total. The molecule has 11 aromatic carbocycles. The number of hydrogen-bond acceptors (Lipinski definition) is 2. The molecule has 1 aromatic heterocycles. The molecule has 0 bridgehead atoms. The molecule has 64 heavy (non-hydrogen) atoms. The second-order valence-electron chi connectivity index (χ2n) is 16.4. The van der Waals surface area contributed by atoms with Gasteiger partial charge in [-0.2, -0.15) is 0 Å². The summed E-state index contributed by atoms with van der Waals surface area (Å²) in [6, 6.07) is 89.5. The summed E-state index contributed by atoms with van der Waals surface area (Å²) < 4.78 is 6.91. The SMILES string of the molecule is c1ccc(-c2ccccc2-c2ccccc2-c2ccc(N(c3ccc(-c4cccc5ccccc45)cc3)c3ccc(-c4cccc5ccccc45)c4oc5ccccc5c34)cc2)cc1. The first-order valence-corrected chi connectivity index (χ1v) is 21.9. The molecule has 12 rings (SSSR count). The van der Waals surface area contributed by atoms with Crippen LogP contribution in [-0.2, 0) is 0 Å². The Morgan fingerprint density at radius 2 is 0.703 bits per heavy atom. The molecule has 2 heteroatoms. The van der Waals surface area contributed by atoms with Crippen LogP contribution in [0.5, 0.6) is 0 Å². The van der Waals surface area contributed by atoms with Crippen molar-refractivity contribution in [2.45, 2.75) is 0 Å². The number of benzene rings is 11. The first-order chi connectivity index (χ1) is 31.8. The lowest BCUT2D eigenvalue weighted by Gasteiger charge is -2.27. The molecule has 0 amide bonds. The molecule has 0 aliphatic carbocycles. The second-order valence-corrected chi connectivity index (χ2v) is 16.4. The number of nitrogens with zero attached hydrogens (tertiary/aromatic N) is 1. The van der Waals surface area contributed by atoms with Crippen LogP contribution in [0.25, 0.3) is 99.1 Å². The fourth-order valence-electron chi connectivity index (χ4n) is 9.71. The third-order valence-corrected chi connectivity index (χ3v) is 12.7. The minimum atomic E-state index is 0.862. The van der Waals surface area contributed by atoms with E-state index in [0.29, 0.717) is 0 Å². The number of anilines is 3. The van der Waals surface area contributed by atoms with Crippen molar-refractivity contribution < 1.29 is 4.42 Å². The normalized spacial score (nSPS) is 11.4. The topological polar surface area (TPSA) is 16.4 Å². The molecule has 1 heterocycles. The Bertz CT molecular complexity index is 3650. The zero-order valence-electron chi connectivity index (χ0n) is 35.0. The molecule has 300 valence electrons. The van der Waals surface area contributed by atoms with Gasteiger partial charge in [0.05, 0.1) is 11.1 Å². The maximum absolute atomic E-state index is 6.91. The van der Waals surface area contributed by atoms with E-state index in [1.807, 2.05) is 0 Å². The summed E-state index contributed by atoms with van der Waals surface area (Å²) in [6.07, 6.45) is 0. The maximum Gasteiger partial charge on any atom is 0.145 e. The first kappa shape index (κ1) is 37.3. The highest BCUT2D eigenvalue weighted by Crippen LogP contribution is 2.48. The van der Waals surface area contributed by atoms with Gasteiger partial charge in [0.2, 0.25) is 0 Å². The first-order valence-electron chi connectivity index (χ1n) is 21.9. The van der Waals surface area contributed by atoms with Crippen molar-refractivity contribution in [3.63, 3.8) is 0 Å². The zero-order valence-corrected chi connectivity index (χ0v) is 35.0. The van der Waals surface area contributed by atoms with E-state index in [-0.39, 0.29) is 0 Å². The van der Waals surface area contributed by atoms with Crippen LogP contribution < -0.4 is 4.90 Å². The number of para-hydroxylation sites is 1. The van der Waals surface area contributed by atoms with Crippen LogP contribution in [0.4, 0.5) is 17.1 Å². The Morgan fingerprint density at radius 1 is 0.266 bits per heavy atom. The number of furan rings is 1. The molecular weight excluding hydrogens is 775 g/mol. The number of fused-ring (bicyclic) bond motifs is 5. The molecule has 0 saturated carbocycles. The minimum absolute atomic E-state index is 0.862. The lowest BCUT2D eigenvalue weighted by molar-refractivity contribution is 0.670. The molecule has 12 aromatic rings. The molecule has 0 unspecified atom stereocenters. The summed E-state index contributed by atoms with van der Waals surface area (Å²) in [5, 5.41) is 7.03. The minimum Gasteiger partial charge on any atom is -0.455 e. The van der Waals surface area contributed by atoms with Gasteiger partial charge in [-0.25, -0.2) is 0 Å². The largest absolute Gasteiger partial charge is 0.455 e. The highest BCUT2D eigenvalue weighted by molar-refractivity contribution is 6.18. The predicted octanol–water partition coefficient (Wildman–Crippen LogP) is 17.7. The van der Waals surface area contributed by atoms with E-state index in [2.05, 4.69) is 254 Å². The highest BCUT2D eigenvalue weighted by Gasteiger charge is 2.23. The molecule has 2 nitrogen and oxygen atoms in total. The van der Waals surface area contributed by atoms with Gasteiger partial charge in [-0.1, -0.05) is 206 Å². The van der Waals surface area contributed by atoms with Gasteiger partial charge in [0.1, 0.15) is 11.2 Å². The van der Waals surface area contributed by atoms with E-state index in [4.69, 9.17) is 4.42 Å². The Morgan fingerprint density at radius 3 is 1.33 bits per heavy atom. The Kier molecular flexibility index (Phi) is 9.20. The van der Waals surface area contributed by atoms with Crippen LogP contribution in [0.1, 0.15) is 0 Å². The van der Waals surface area contributed by atoms with Gasteiger partial charge >= 0.3 is 0 Å². The number of rotatable bonds is 8. The Hall–Kier alpha value is -8.46. The third-order valence-electron chi connectivity index (χ3n) is 12.7. The van der Waals surface area contributed by atoms with Gasteiger partial charge in [-0.05, 0) is 114 Å². The van der Waals surface area contributed by atoms with E-state index in [1.165, 1.54) is 60.5 Å². The van der Waals surface area contributed by atoms with E-state index in [9.17, 15) is 0 Å². The fraction of sp³-hybridized carbons (Fsp3) is 0. The van der Waals surface area contributed by atoms with Crippen LogP contribution in [0, 0.1) is 0 Å². The summed E-state index contributed by atoms with van der Waals surface area (Å²) in [6.45, 7) is 0. The van der Waals surface area contributed by atoms with Crippen molar-refractivity contribution in [3.8, 4) is 55.6 Å². The molecule has 0 atom stereocenters. The molecule has 0 saturated heterocycles. The lowest BCUT2D eigenvalue weighted by Crippen LogP contribution is -2.10. The van der Waals surface area contributed by atoms with E-state index < -0.39 is 0 Å². The number of hydrogen-bond donors (Lipinski definition) is 0. The van der Waals surface area contributed by atoms with Crippen molar-refractivity contribution in [3.05, 3.63) is 249 Å². The van der Waals surface area contributed by atoms with Gasteiger partial charge in [0.25, 0.3) is 0 Å². The summed E-state index contributed by atoms with van der Waals surface area (Å²) in [7, 11) is 0. The Balaban J connectivity index is 1.04. The van der Waals surface area contributed by atoms with Crippen LogP contribution in [0.2, 0.25) is 0 Å². The summed E-state index contributed by atoms with van der Waals surface area (Å²) in [5.41, 5.74) is 16.7. The van der Waals surface area contributed by atoms with Crippen molar-refractivity contribution in [1.82, 2.24) is 0 Å². The molecule has 0 aliphatic heterocycles. The average Bonchev–Trinajstić information content (AvgIpc) is 3.77. The van der Waals surface area contributed by atoms with Gasteiger partial charge in [0.15, 0.2) is 0 Å². The summed E-state index contributed by atoms with van der Waals surface area (Å²) in [4.78, 5) is 2.39. The van der Waals surface area contributed by atoms with Gasteiger partial charge in [-0.3, -0.25) is 0 Å². The molecule has 0 fully saturated rings. The average molecular weight is 816 g/mol. The standard InChI is InChI=1S/C62H41NO/c1-2-16-42(17-3-1)51-24-8-10-26-54(51)55-27-11-9-25-53(55)46-34-38-48(39-35-46)63(47-36-32-45(33-37-47)50-29-14-20-43-18-4-6-22-49(43)50)59-41-40-57(56-30-15-21-44-19-5-7-23-52(44)56)62-61(59)58-28-12-13-31-60(58)64-62/h1-41H. The highest BCUT2D eigenvalue weighted by atomic mass is 16.3. The maximum atomic E-state index is 6.91. The van der Waals surface area contributed by atoms with Gasteiger partial charge in [0, 0.05) is 22.3 Å². The lowest BCUT2D eigenvalue weighted by atomic mass is 9.89. The fourth-order valence-corrected chi connectivity index (χ4v) is 9.71. The van der Waals surface area contributed by atoms with Crippen LogP contribution in [0.15, 0.2) is 253 Å². The van der Waals surface area contributed by atoms with Crippen LogP contribution in [0.3, 0.4) is 0 Å². The van der Waals surface area contributed by atoms with Crippen LogP contribution in [-0.4, -0.2) is 0 Å². The Labute approximate surface area is 372 Å². The quantitative estimate of drug-likeness (QED) is 0.152. The zero-order chi connectivity index (χ0) is 42.4. The smallest absolute Gasteiger partial charge is 0.145 e. The van der Waals surface area contributed by atoms with Crippen molar-refractivity contribution in [1.29, 1.82) is 0 Å². The van der Waals surface area contributed by atoms with E-state index in [1.54, 1.807) is 0 Å². The molecule has 0 radical (unpaired) electrons. The monoisotopic (exact) mass is 815 g/mol. The third kappa shape index (κ3) is 6.44. The van der Waals surface area contributed by atoms with Crippen molar-refractivity contribution in [2.75, 3.05) is 4.90 Å². The summed E-state index contributed by atoms with van der Waals surface area (Å²) in [5.74, 6) is 0. The summed E-state index contributed by atoms with van der Waals surface area (Å²) >= 11 is 0. The van der Waals surface area contributed by atoms with Gasteiger partial charge in [-0.15, -0.1) is 0 Å².